The fourth-order valence-electron chi connectivity index (χ4n) is 3.02. The van der Waals surface area contributed by atoms with Crippen LogP contribution in [0.3, 0.4) is 0 Å². The molecule has 0 saturated heterocycles. The molecular weight excluding hydrogens is 286 g/mol. The first-order chi connectivity index (χ1) is 10.1. The lowest BCUT2D eigenvalue weighted by Gasteiger charge is -2.26. The molecule has 3 rings (SSSR count). The van der Waals surface area contributed by atoms with Gasteiger partial charge in [-0.2, -0.15) is 0 Å². The van der Waals surface area contributed by atoms with Crippen LogP contribution < -0.4 is 0 Å². The van der Waals surface area contributed by atoms with Crippen LogP contribution in [-0.2, 0) is 16.1 Å². The van der Waals surface area contributed by atoms with Gasteiger partial charge in [-0.25, -0.2) is 0 Å². The van der Waals surface area contributed by atoms with Crippen molar-refractivity contribution in [1.82, 2.24) is 4.57 Å². The number of aromatic nitrogens is 1. The van der Waals surface area contributed by atoms with E-state index in [1.165, 1.54) is 0 Å². The van der Waals surface area contributed by atoms with Crippen LogP contribution in [0.2, 0.25) is 5.02 Å². The van der Waals surface area contributed by atoms with Gasteiger partial charge in [0.15, 0.2) is 0 Å². The molecule has 1 aliphatic carbocycles. The van der Waals surface area contributed by atoms with Crippen molar-refractivity contribution >= 4 is 28.5 Å². The predicted molar refractivity (Wildman–Crippen MR) is 84.5 cm³/mol. The Hall–Kier alpha value is -1.48. The molecule has 3 nitrogen and oxygen atoms in total. The molecule has 0 spiro atoms. The van der Waals surface area contributed by atoms with Gasteiger partial charge in [0.05, 0.1) is 0 Å². The van der Waals surface area contributed by atoms with Gasteiger partial charge in [0.25, 0.3) is 0 Å². The van der Waals surface area contributed by atoms with Gasteiger partial charge in [0, 0.05) is 22.1 Å². The lowest BCUT2D eigenvalue weighted by atomic mass is 9.89. The number of nitrogens with zero attached hydrogens (tertiary/aromatic N) is 1. The number of hydrogen-bond acceptors (Lipinski definition) is 2. The van der Waals surface area contributed by atoms with Gasteiger partial charge in [0.2, 0.25) is 0 Å². The normalized spacial score (nSPS) is 22.4. The summed E-state index contributed by atoms with van der Waals surface area (Å²) in [5.74, 6) is 0.611. The summed E-state index contributed by atoms with van der Waals surface area (Å²) in [6.45, 7) is 2.52. The number of rotatable bonds is 3. The van der Waals surface area contributed by atoms with Crippen molar-refractivity contribution in [1.29, 1.82) is 0 Å². The van der Waals surface area contributed by atoms with Crippen molar-refractivity contribution < 1.29 is 9.53 Å². The van der Waals surface area contributed by atoms with E-state index in [4.69, 9.17) is 16.3 Å². The zero-order valence-corrected chi connectivity index (χ0v) is 13.0. The van der Waals surface area contributed by atoms with Gasteiger partial charge in [-0.3, -0.25) is 4.79 Å². The summed E-state index contributed by atoms with van der Waals surface area (Å²) in [7, 11) is 0. The maximum Gasteiger partial charge on any atom is 0.326 e. The third-order valence-corrected chi connectivity index (χ3v) is 4.53. The number of benzene rings is 1. The van der Waals surface area contributed by atoms with Gasteiger partial charge in [-0.05, 0) is 55.9 Å². The van der Waals surface area contributed by atoms with E-state index in [9.17, 15) is 4.79 Å². The third-order valence-electron chi connectivity index (χ3n) is 4.29. The van der Waals surface area contributed by atoms with Crippen molar-refractivity contribution in [3.8, 4) is 0 Å². The van der Waals surface area contributed by atoms with Crippen LogP contribution in [-0.4, -0.2) is 16.6 Å². The number of esters is 1. The lowest BCUT2D eigenvalue weighted by molar-refractivity contribution is -0.151. The molecule has 1 heterocycles. The average molecular weight is 306 g/mol. The summed E-state index contributed by atoms with van der Waals surface area (Å²) in [6, 6.07) is 7.65. The molecule has 0 unspecified atom stereocenters. The molecule has 1 aliphatic rings. The highest BCUT2D eigenvalue weighted by Gasteiger charge is 2.21. The van der Waals surface area contributed by atoms with E-state index in [1.807, 2.05) is 35.0 Å². The van der Waals surface area contributed by atoms with Crippen LogP contribution in [0.25, 0.3) is 10.9 Å². The molecule has 1 saturated carbocycles. The standard InChI is InChI=1S/C17H20ClNO2/c1-12-2-5-15(6-3-12)21-17(20)11-19-9-8-13-10-14(18)4-7-16(13)19/h4,7-10,12,15H,2-3,5-6,11H2,1H3. The minimum absolute atomic E-state index is 0.102. The molecule has 4 heteroatoms. The Balaban J connectivity index is 1.63. The van der Waals surface area contributed by atoms with E-state index in [1.54, 1.807) is 0 Å². The smallest absolute Gasteiger partial charge is 0.326 e. The largest absolute Gasteiger partial charge is 0.461 e. The van der Waals surface area contributed by atoms with Crippen molar-refractivity contribution in [2.45, 2.75) is 45.3 Å². The quantitative estimate of drug-likeness (QED) is 0.786. The fraction of sp³-hybridized carbons (Fsp3) is 0.471. The second kappa shape index (κ2) is 6.10. The molecule has 0 aliphatic heterocycles. The van der Waals surface area contributed by atoms with Gasteiger partial charge >= 0.3 is 5.97 Å². The van der Waals surface area contributed by atoms with Crippen molar-refractivity contribution in [2.75, 3.05) is 0 Å². The molecule has 0 amide bonds. The first kappa shape index (κ1) is 14.5. The molecule has 0 N–H and O–H groups in total. The predicted octanol–water partition coefficient (Wildman–Crippen LogP) is 4.42. The van der Waals surface area contributed by atoms with Crippen LogP contribution in [0.5, 0.6) is 0 Å². The van der Waals surface area contributed by atoms with Crippen LogP contribution >= 0.6 is 11.6 Å². The maximum absolute atomic E-state index is 12.1. The van der Waals surface area contributed by atoms with E-state index >= 15 is 0 Å². The van der Waals surface area contributed by atoms with E-state index in [0.717, 1.165) is 42.5 Å². The molecular formula is C17H20ClNO2. The first-order valence-corrected chi connectivity index (χ1v) is 7.93. The van der Waals surface area contributed by atoms with Crippen LogP contribution in [0, 0.1) is 5.92 Å². The molecule has 0 atom stereocenters. The van der Waals surface area contributed by atoms with Crippen molar-refractivity contribution in [3.63, 3.8) is 0 Å². The fourth-order valence-corrected chi connectivity index (χ4v) is 3.20. The molecule has 1 aromatic carbocycles. The summed E-state index contributed by atoms with van der Waals surface area (Å²) < 4.78 is 7.52. The minimum atomic E-state index is -0.151. The second-order valence-corrected chi connectivity index (χ2v) is 6.45. The summed E-state index contributed by atoms with van der Waals surface area (Å²) in [5, 5.41) is 1.75. The summed E-state index contributed by atoms with van der Waals surface area (Å²) in [6.07, 6.45) is 6.31. The molecule has 1 aromatic heterocycles. The van der Waals surface area contributed by atoms with E-state index in [-0.39, 0.29) is 18.6 Å². The summed E-state index contributed by atoms with van der Waals surface area (Å²) in [5.41, 5.74) is 1.01. The van der Waals surface area contributed by atoms with Crippen molar-refractivity contribution in [3.05, 3.63) is 35.5 Å². The SMILES string of the molecule is CC1CCC(OC(=O)Cn2ccc3cc(Cl)ccc32)CC1. The summed E-state index contributed by atoms with van der Waals surface area (Å²) >= 11 is 5.97. The Kier molecular flexibility index (Phi) is 4.20. The molecule has 1 fully saturated rings. The highest BCUT2D eigenvalue weighted by atomic mass is 35.5. The van der Waals surface area contributed by atoms with Gasteiger partial charge in [-0.15, -0.1) is 0 Å². The number of ether oxygens (including phenoxy) is 1. The van der Waals surface area contributed by atoms with E-state index in [2.05, 4.69) is 6.92 Å². The second-order valence-electron chi connectivity index (χ2n) is 6.02. The molecule has 2 aromatic rings. The summed E-state index contributed by atoms with van der Waals surface area (Å²) in [4.78, 5) is 12.1. The zero-order valence-electron chi connectivity index (χ0n) is 12.2. The van der Waals surface area contributed by atoms with Crippen LogP contribution in [0.1, 0.15) is 32.6 Å². The van der Waals surface area contributed by atoms with Gasteiger partial charge in [-0.1, -0.05) is 18.5 Å². The van der Waals surface area contributed by atoms with E-state index in [0.29, 0.717) is 5.02 Å². The highest BCUT2D eigenvalue weighted by Crippen LogP contribution is 2.26. The Morgan fingerprint density at radius 3 is 2.81 bits per heavy atom. The average Bonchev–Trinajstić information content (AvgIpc) is 2.83. The molecule has 0 radical (unpaired) electrons. The monoisotopic (exact) mass is 305 g/mol. The Bertz CT molecular complexity index is 641. The molecule has 21 heavy (non-hydrogen) atoms. The first-order valence-electron chi connectivity index (χ1n) is 7.55. The lowest BCUT2D eigenvalue weighted by Crippen LogP contribution is -2.25. The number of halogens is 1. The number of fused-ring (bicyclic) bond motifs is 1. The molecule has 0 bridgehead atoms. The van der Waals surface area contributed by atoms with Gasteiger partial charge < -0.3 is 9.30 Å². The zero-order chi connectivity index (χ0) is 14.8. The van der Waals surface area contributed by atoms with Crippen LogP contribution in [0.4, 0.5) is 0 Å². The van der Waals surface area contributed by atoms with E-state index < -0.39 is 0 Å². The maximum atomic E-state index is 12.1. The number of carbonyl (C=O) groups is 1. The van der Waals surface area contributed by atoms with Gasteiger partial charge in [0.1, 0.15) is 12.6 Å². The molecule has 112 valence electrons. The topological polar surface area (TPSA) is 31.2 Å². The number of hydrogen-bond donors (Lipinski definition) is 0. The Morgan fingerprint density at radius 2 is 2.05 bits per heavy atom. The van der Waals surface area contributed by atoms with Crippen molar-refractivity contribution in [2.24, 2.45) is 5.92 Å². The Morgan fingerprint density at radius 1 is 1.29 bits per heavy atom. The number of carbonyl (C=O) groups excluding carboxylic acids is 1. The Labute approximate surface area is 129 Å². The highest BCUT2D eigenvalue weighted by molar-refractivity contribution is 6.31. The third kappa shape index (κ3) is 3.41. The minimum Gasteiger partial charge on any atom is -0.461 e. The van der Waals surface area contributed by atoms with Crippen LogP contribution in [0.15, 0.2) is 30.5 Å².